The number of aliphatic hydroxyl groups excluding tert-OH is 1. The summed E-state index contributed by atoms with van der Waals surface area (Å²) < 4.78 is 0. The highest BCUT2D eigenvalue weighted by atomic mass is 16.3. The molecule has 0 bridgehead atoms. The summed E-state index contributed by atoms with van der Waals surface area (Å²) in [5, 5.41) is 11.8. The average Bonchev–Trinajstić information content (AvgIpc) is 3.00. The van der Waals surface area contributed by atoms with E-state index >= 15 is 0 Å². The van der Waals surface area contributed by atoms with Gasteiger partial charge in [0, 0.05) is 31.2 Å². The first kappa shape index (κ1) is 17.5. The highest BCUT2D eigenvalue weighted by Gasteiger charge is 2.25. The number of rotatable bonds is 4. The first-order valence-electron chi connectivity index (χ1n) is 8.08. The van der Waals surface area contributed by atoms with Crippen LogP contribution >= 0.6 is 0 Å². The third-order valence-electron chi connectivity index (χ3n) is 4.31. The van der Waals surface area contributed by atoms with E-state index < -0.39 is 0 Å². The molecule has 1 atom stereocenters. The van der Waals surface area contributed by atoms with E-state index in [1.165, 1.54) is 0 Å². The third kappa shape index (κ3) is 4.55. The number of nitrogens with zero attached hydrogens (tertiary/aromatic N) is 1. The summed E-state index contributed by atoms with van der Waals surface area (Å²) in [5.74, 6) is -0.170. The van der Waals surface area contributed by atoms with Crippen LogP contribution < -0.4 is 5.32 Å². The van der Waals surface area contributed by atoms with Gasteiger partial charge in [0.1, 0.15) is 0 Å². The van der Waals surface area contributed by atoms with Crippen molar-refractivity contribution >= 4 is 11.8 Å². The molecule has 0 spiro atoms. The van der Waals surface area contributed by atoms with Crippen molar-refractivity contribution in [1.82, 2.24) is 10.2 Å². The minimum absolute atomic E-state index is 0.00198. The summed E-state index contributed by atoms with van der Waals surface area (Å²) >= 11 is 0. The second kappa shape index (κ2) is 7.13. The molecule has 0 saturated carbocycles. The summed E-state index contributed by atoms with van der Waals surface area (Å²) in [7, 11) is 0. The second-order valence-corrected chi connectivity index (χ2v) is 7.19. The highest BCUT2D eigenvalue weighted by molar-refractivity contribution is 5.96. The van der Waals surface area contributed by atoms with Crippen LogP contribution in [0.4, 0.5) is 0 Å². The molecular weight excluding hydrogens is 292 g/mol. The Bertz CT molecular complexity index is 561. The zero-order valence-corrected chi connectivity index (χ0v) is 14.1. The fraction of sp³-hybridized carbons (Fsp3) is 0.556. The molecule has 126 valence electrons. The van der Waals surface area contributed by atoms with Crippen LogP contribution in [-0.4, -0.2) is 48.1 Å². The van der Waals surface area contributed by atoms with E-state index in [4.69, 9.17) is 5.11 Å². The first-order valence-corrected chi connectivity index (χ1v) is 8.08. The van der Waals surface area contributed by atoms with E-state index in [1.807, 2.05) is 12.1 Å². The quantitative estimate of drug-likeness (QED) is 0.885. The van der Waals surface area contributed by atoms with Gasteiger partial charge in [0.05, 0.1) is 6.54 Å². The van der Waals surface area contributed by atoms with Gasteiger partial charge in [0.2, 0.25) is 5.91 Å². The van der Waals surface area contributed by atoms with E-state index in [9.17, 15) is 9.59 Å². The Morgan fingerprint density at radius 3 is 2.43 bits per heavy atom. The Labute approximate surface area is 137 Å². The number of nitrogens with one attached hydrogen (secondary N) is 1. The fourth-order valence-corrected chi connectivity index (χ4v) is 2.70. The molecule has 2 amide bonds. The summed E-state index contributed by atoms with van der Waals surface area (Å²) in [6.45, 7) is 7.70. The first-order chi connectivity index (χ1) is 10.8. The molecule has 0 aliphatic carbocycles. The molecule has 2 rings (SSSR count). The van der Waals surface area contributed by atoms with E-state index in [0.29, 0.717) is 18.7 Å². The van der Waals surface area contributed by atoms with Crippen LogP contribution in [0.15, 0.2) is 24.3 Å². The SMILES string of the molecule is CC(C)(C)c1ccc(C(=O)NCC(=O)N2CCC(CO)C2)cc1. The van der Waals surface area contributed by atoms with Crippen LogP contribution in [0.2, 0.25) is 0 Å². The van der Waals surface area contributed by atoms with E-state index in [2.05, 4.69) is 26.1 Å². The monoisotopic (exact) mass is 318 g/mol. The zero-order valence-electron chi connectivity index (χ0n) is 14.1. The van der Waals surface area contributed by atoms with Crippen molar-refractivity contribution in [3.05, 3.63) is 35.4 Å². The minimum Gasteiger partial charge on any atom is -0.396 e. The molecular formula is C18H26N2O3. The number of aliphatic hydroxyl groups is 1. The van der Waals surface area contributed by atoms with Crippen LogP contribution in [0, 0.1) is 5.92 Å². The van der Waals surface area contributed by atoms with Gasteiger partial charge < -0.3 is 15.3 Å². The molecule has 5 heteroatoms. The molecule has 1 aromatic carbocycles. The lowest BCUT2D eigenvalue weighted by atomic mass is 9.87. The van der Waals surface area contributed by atoms with Gasteiger partial charge in [-0.2, -0.15) is 0 Å². The summed E-state index contributed by atoms with van der Waals surface area (Å²) in [6.07, 6.45) is 0.824. The number of amides is 2. The molecule has 2 N–H and O–H groups in total. The van der Waals surface area contributed by atoms with Crippen LogP contribution in [0.3, 0.4) is 0 Å². The maximum atomic E-state index is 12.1. The number of carbonyl (C=O) groups is 2. The summed E-state index contributed by atoms with van der Waals surface area (Å²) in [5.41, 5.74) is 1.77. The minimum atomic E-state index is -0.239. The summed E-state index contributed by atoms with van der Waals surface area (Å²) in [4.78, 5) is 25.9. The number of benzene rings is 1. The van der Waals surface area contributed by atoms with E-state index in [0.717, 1.165) is 12.0 Å². The van der Waals surface area contributed by atoms with Gasteiger partial charge in [-0.05, 0) is 29.5 Å². The molecule has 1 fully saturated rings. The maximum Gasteiger partial charge on any atom is 0.251 e. The zero-order chi connectivity index (χ0) is 17.0. The molecule has 0 radical (unpaired) electrons. The highest BCUT2D eigenvalue weighted by Crippen LogP contribution is 2.22. The van der Waals surface area contributed by atoms with Crippen molar-refractivity contribution in [2.45, 2.75) is 32.6 Å². The molecule has 5 nitrogen and oxygen atoms in total. The Kier molecular flexibility index (Phi) is 5.42. The van der Waals surface area contributed by atoms with Gasteiger partial charge >= 0.3 is 0 Å². The fourth-order valence-electron chi connectivity index (χ4n) is 2.70. The molecule has 1 aromatic rings. The second-order valence-electron chi connectivity index (χ2n) is 7.19. The molecule has 1 heterocycles. The van der Waals surface area contributed by atoms with Gasteiger partial charge in [0.15, 0.2) is 0 Å². The smallest absolute Gasteiger partial charge is 0.251 e. The molecule has 23 heavy (non-hydrogen) atoms. The average molecular weight is 318 g/mol. The molecule has 1 aliphatic heterocycles. The van der Waals surface area contributed by atoms with Crippen LogP contribution in [0.5, 0.6) is 0 Å². The van der Waals surface area contributed by atoms with Gasteiger partial charge in [-0.1, -0.05) is 32.9 Å². The van der Waals surface area contributed by atoms with Gasteiger partial charge in [0.25, 0.3) is 5.91 Å². The van der Waals surface area contributed by atoms with Crippen LogP contribution in [-0.2, 0) is 10.2 Å². The lowest BCUT2D eigenvalue weighted by molar-refractivity contribution is -0.129. The normalized spacial score (nSPS) is 18.1. The standard InChI is InChI=1S/C18H26N2O3/c1-18(2,3)15-6-4-14(5-7-15)17(23)19-10-16(22)20-9-8-13(11-20)12-21/h4-7,13,21H,8-12H2,1-3H3,(H,19,23). The maximum absolute atomic E-state index is 12.1. The van der Waals surface area contributed by atoms with Gasteiger partial charge in [-0.15, -0.1) is 0 Å². The Hall–Kier alpha value is -1.88. The van der Waals surface area contributed by atoms with Crippen molar-refractivity contribution in [3.63, 3.8) is 0 Å². The van der Waals surface area contributed by atoms with E-state index in [1.54, 1.807) is 17.0 Å². The van der Waals surface area contributed by atoms with Crippen molar-refractivity contribution in [2.24, 2.45) is 5.92 Å². The van der Waals surface area contributed by atoms with Crippen molar-refractivity contribution in [2.75, 3.05) is 26.2 Å². The molecule has 1 aliphatic rings. The van der Waals surface area contributed by atoms with E-state index in [-0.39, 0.29) is 36.3 Å². The lowest BCUT2D eigenvalue weighted by Crippen LogP contribution is -2.39. The Balaban J connectivity index is 1.86. The third-order valence-corrected chi connectivity index (χ3v) is 4.31. The van der Waals surface area contributed by atoms with Crippen molar-refractivity contribution in [1.29, 1.82) is 0 Å². The van der Waals surface area contributed by atoms with Gasteiger partial charge in [-0.3, -0.25) is 9.59 Å². The van der Waals surface area contributed by atoms with Crippen molar-refractivity contribution in [3.8, 4) is 0 Å². The largest absolute Gasteiger partial charge is 0.396 e. The Morgan fingerprint density at radius 2 is 1.91 bits per heavy atom. The van der Waals surface area contributed by atoms with Gasteiger partial charge in [-0.25, -0.2) is 0 Å². The Morgan fingerprint density at radius 1 is 1.26 bits per heavy atom. The lowest BCUT2D eigenvalue weighted by Gasteiger charge is -2.19. The summed E-state index contributed by atoms with van der Waals surface area (Å²) in [6, 6.07) is 7.47. The molecule has 1 saturated heterocycles. The number of carbonyl (C=O) groups excluding carboxylic acids is 2. The number of hydrogen-bond acceptors (Lipinski definition) is 3. The van der Waals surface area contributed by atoms with Crippen molar-refractivity contribution < 1.29 is 14.7 Å². The number of likely N-dealkylation sites (tertiary alicyclic amines) is 1. The molecule has 0 aromatic heterocycles. The topological polar surface area (TPSA) is 69.6 Å². The van der Waals surface area contributed by atoms with Crippen LogP contribution in [0.25, 0.3) is 0 Å². The predicted molar refractivity (Wildman–Crippen MR) is 89.2 cm³/mol. The number of hydrogen-bond donors (Lipinski definition) is 2. The predicted octanol–water partition coefficient (Wildman–Crippen LogP) is 1.55. The molecule has 1 unspecified atom stereocenters. The van der Waals surface area contributed by atoms with Crippen LogP contribution in [0.1, 0.15) is 43.1 Å².